The van der Waals surface area contributed by atoms with E-state index in [9.17, 15) is 9.59 Å². The second kappa shape index (κ2) is 4.17. The highest BCUT2D eigenvalue weighted by atomic mass is 35.5. The van der Waals surface area contributed by atoms with E-state index in [2.05, 4.69) is 0 Å². The third kappa shape index (κ3) is 1.90. The van der Waals surface area contributed by atoms with Gasteiger partial charge >= 0.3 is 5.97 Å². The van der Waals surface area contributed by atoms with Crippen LogP contribution in [0, 0.1) is 0 Å². The first-order valence-corrected chi connectivity index (χ1v) is 5.25. The number of furan rings is 1. The normalized spacial score (nSPS) is 20.1. The maximum atomic E-state index is 11.9. The summed E-state index contributed by atoms with van der Waals surface area (Å²) in [5, 5.41) is 9.26. The Morgan fingerprint density at radius 1 is 1.56 bits per heavy atom. The Bertz CT molecular complexity index is 428. The standard InChI is InChI=1S/C10H10ClNO4/c11-6-4-8(16-5-6)9(13)12-3-1-2-7(12)10(14)15/h4-5,7H,1-3H2,(H,14,15)/t7-/m0/s1. The SMILES string of the molecule is O=C(O)[C@@H]1CCCN1C(=O)c1cc(Cl)co1. The molecule has 0 aromatic carbocycles. The van der Waals surface area contributed by atoms with Gasteiger partial charge in [-0.15, -0.1) is 0 Å². The number of likely N-dealkylation sites (tertiary alicyclic amines) is 1. The number of rotatable bonds is 2. The number of carbonyl (C=O) groups excluding carboxylic acids is 1. The van der Waals surface area contributed by atoms with E-state index in [0.29, 0.717) is 24.4 Å². The first-order valence-electron chi connectivity index (χ1n) is 4.87. The zero-order valence-corrected chi connectivity index (χ0v) is 9.11. The highest BCUT2D eigenvalue weighted by molar-refractivity contribution is 6.30. The van der Waals surface area contributed by atoms with Gasteiger partial charge in [0.2, 0.25) is 0 Å². The minimum absolute atomic E-state index is 0.0816. The molecule has 1 aliphatic heterocycles. The van der Waals surface area contributed by atoms with Crippen molar-refractivity contribution in [2.75, 3.05) is 6.54 Å². The van der Waals surface area contributed by atoms with Gasteiger partial charge in [0.25, 0.3) is 5.91 Å². The molecule has 1 aromatic heterocycles. The summed E-state index contributed by atoms with van der Waals surface area (Å²) in [6, 6.07) is 0.637. The molecule has 2 heterocycles. The third-order valence-corrected chi connectivity index (χ3v) is 2.78. The number of aliphatic carboxylic acids is 1. The molecule has 0 saturated carbocycles. The van der Waals surface area contributed by atoms with E-state index < -0.39 is 17.9 Å². The fourth-order valence-electron chi connectivity index (χ4n) is 1.83. The van der Waals surface area contributed by atoms with Gasteiger partial charge < -0.3 is 14.4 Å². The lowest BCUT2D eigenvalue weighted by molar-refractivity contribution is -0.141. The summed E-state index contributed by atoms with van der Waals surface area (Å²) in [5.41, 5.74) is 0. The van der Waals surface area contributed by atoms with Gasteiger partial charge in [-0.25, -0.2) is 4.79 Å². The predicted molar refractivity (Wildman–Crippen MR) is 55.4 cm³/mol. The molecule has 1 aliphatic rings. The van der Waals surface area contributed by atoms with Crippen LogP contribution in [-0.4, -0.2) is 34.5 Å². The van der Waals surface area contributed by atoms with Crippen LogP contribution in [0.15, 0.2) is 16.7 Å². The van der Waals surface area contributed by atoms with Gasteiger partial charge in [0.05, 0.1) is 5.02 Å². The first kappa shape index (κ1) is 11.0. The van der Waals surface area contributed by atoms with E-state index in [0.717, 1.165) is 0 Å². The van der Waals surface area contributed by atoms with Crippen LogP contribution in [0.2, 0.25) is 5.02 Å². The van der Waals surface area contributed by atoms with Crippen LogP contribution in [0.1, 0.15) is 23.4 Å². The smallest absolute Gasteiger partial charge is 0.326 e. The van der Waals surface area contributed by atoms with Crippen molar-refractivity contribution in [3.63, 3.8) is 0 Å². The van der Waals surface area contributed by atoms with Crippen LogP contribution in [0.4, 0.5) is 0 Å². The Kier molecular flexibility index (Phi) is 2.87. The van der Waals surface area contributed by atoms with Crippen molar-refractivity contribution in [3.8, 4) is 0 Å². The molecule has 2 rings (SSSR count). The molecule has 0 bridgehead atoms. The van der Waals surface area contributed by atoms with E-state index in [1.54, 1.807) is 0 Å². The van der Waals surface area contributed by atoms with Crippen molar-refractivity contribution >= 4 is 23.5 Å². The number of carbonyl (C=O) groups is 2. The van der Waals surface area contributed by atoms with Crippen molar-refractivity contribution in [3.05, 3.63) is 23.1 Å². The van der Waals surface area contributed by atoms with E-state index in [1.165, 1.54) is 17.2 Å². The lowest BCUT2D eigenvalue weighted by Gasteiger charge is -2.19. The van der Waals surface area contributed by atoms with Crippen LogP contribution >= 0.6 is 11.6 Å². The maximum Gasteiger partial charge on any atom is 0.326 e. The van der Waals surface area contributed by atoms with Crippen molar-refractivity contribution in [2.45, 2.75) is 18.9 Å². The molecule has 0 unspecified atom stereocenters. The number of hydrogen-bond acceptors (Lipinski definition) is 3. The lowest BCUT2D eigenvalue weighted by Crippen LogP contribution is -2.40. The highest BCUT2D eigenvalue weighted by Crippen LogP contribution is 2.22. The molecule has 86 valence electrons. The van der Waals surface area contributed by atoms with E-state index in [1.807, 2.05) is 0 Å². The number of nitrogens with zero attached hydrogens (tertiary/aromatic N) is 1. The molecule has 1 fully saturated rings. The number of hydrogen-bond donors (Lipinski definition) is 1. The summed E-state index contributed by atoms with van der Waals surface area (Å²) >= 11 is 5.63. The summed E-state index contributed by atoms with van der Waals surface area (Å²) in [6.07, 6.45) is 2.42. The molecule has 1 amide bonds. The first-order chi connectivity index (χ1) is 7.59. The largest absolute Gasteiger partial charge is 0.480 e. The fourth-order valence-corrected chi connectivity index (χ4v) is 1.98. The van der Waals surface area contributed by atoms with Gasteiger partial charge in [0, 0.05) is 12.6 Å². The van der Waals surface area contributed by atoms with Gasteiger partial charge in [0.15, 0.2) is 5.76 Å². The molecule has 0 spiro atoms. The summed E-state index contributed by atoms with van der Waals surface area (Å²) in [5.74, 6) is -1.32. The van der Waals surface area contributed by atoms with Crippen LogP contribution in [-0.2, 0) is 4.79 Å². The van der Waals surface area contributed by atoms with E-state index in [-0.39, 0.29) is 5.76 Å². The fraction of sp³-hybridized carbons (Fsp3) is 0.400. The summed E-state index contributed by atoms with van der Waals surface area (Å²) in [4.78, 5) is 24.1. The number of halogens is 1. The molecular formula is C10H10ClNO4. The lowest BCUT2D eigenvalue weighted by atomic mass is 10.2. The number of carboxylic acids is 1. The van der Waals surface area contributed by atoms with Gasteiger partial charge in [-0.1, -0.05) is 11.6 Å². The Balaban J connectivity index is 2.18. The topological polar surface area (TPSA) is 70.8 Å². The van der Waals surface area contributed by atoms with Gasteiger partial charge in [-0.3, -0.25) is 4.79 Å². The molecule has 1 aromatic rings. The van der Waals surface area contributed by atoms with Gasteiger partial charge in [0.1, 0.15) is 12.3 Å². The van der Waals surface area contributed by atoms with Crippen LogP contribution in [0.25, 0.3) is 0 Å². The number of amides is 1. The van der Waals surface area contributed by atoms with Crippen molar-refractivity contribution in [2.24, 2.45) is 0 Å². The predicted octanol–water partition coefficient (Wildman–Crippen LogP) is 1.62. The van der Waals surface area contributed by atoms with Crippen LogP contribution in [0.3, 0.4) is 0 Å². The molecule has 1 atom stereocenters. The average molecular weight is 244 g/mol. The Labute approximate surface area is 96.6 Å². The Hall–Kier alpha value is -1.49. The second-order valence-corrected chi connectivity index (χ2v) is 4.06. The van der Waals surface area contributed by atoms with Crippen molar-refractivity contribution in [1.29, 1.82) is 0 Å². The van der Waals surface area contributed by atoms with E-state index in [4.69, 9.17) is 21.1 Å². The summed E-state index contributed by atoms with van der Waals surface area (Å²) in [7, 11) is 0. The van der Waals surface area contributed by atoms with Crippen LogP contribution < -0.4 is 0 Å². The van der Waals surface area contributed by atoms with Crippen molar-refractivity contribution < 1.29 is 19.1 Å². The number of carboxylic acid groups (broad SMARTS) is 1. The third-order valence-electron chi connectivity index (χ3n) is 2.58. The van der Waals surface area contributed by atoms with Gasteiger partial charge in [-0.2, -0.15) is 0 Å². The quantitative estimate of drug-likeness (QED) is 0.857. The molecule has 6 heteroatoms. The second-order valence-electron chi connectivity index (χ2n) is 3.62. The van der Waals surface area contributed by atoms with E-state index >= 15 is 0 Å². The zero-order chi connectivity index (χ0) is 11.7. The highest BCUT2D eigenvalue weighted by Gasteiger charge is 2.35. The molecule has 5 nitrogen and oxygen atoms in total. The maximum absolute atomic E-state index is 11.9. The molecule has 0 radical (unpaired) electrons. The van der Waals surface area contributed by atoms with Crippen LogP contribution in [0.5, 0.6) is 0 Å². The minimum atomic E-state index is -0.983. The Morgan fingerprint density at radius 2 is 2.31 bits per heavy atom. The molecule has 0 aliphatic carbocycles. The zero-order valence-electron chi connectivity index (χ0n) is 8.35. The minimum Gasteiger partial charge on any atom is -0.480 e. The summed E-state index contributed by atoms with van der Waals surface area (Å²) in [6.45, 7) is 0.439. The Morgan fingerprint density at radius 3 is 2.88 bits per heavy atom. The molecule has 1 N–H and O–H groups in total. The molecule has 1 saturated heterocycles. The average Bonchev–Trinajstić information content (AvgIpc) is 2.84. The molecule has 16 heavy (non-hydrogen) atoms. The molecular weight excluding hydrogens is 234 g/mol. The van der Waals surface area contributed by atoms with Gasteiger partial charge in [-0.05, 0) is 12.8 Å². The summed E-state index contributed by atoms with van der Waals surface area (Å²) < 4.78 is 4.95. The van der Waals surface area contributed by atoms with Crippen molar-refractivity contribution in [1.82, 2.24) is 4.90 Å². The monoisotopic (exact) mass is 243 g/mol.